The van der Waals surface area contributed by atoms with Gasteiger partial charge in [0, 0.05) is 5.56 Å². The Morgan fingerprint density at radius 1 is 1.20 bits per heavy atom. The van der Waals surface area contributed by atoms with Crippen LogP contribution in [0.15, 0.2) is 34.8 Å². The van der Waals surface area contributed by atoms with E-state index in [0.29, 0.717) is 50.5 Å². The minimum atomic E-state index is -0.326. The second-order valence-corrected chi connectivity index (χ2v) is 6.76. The quantitative estimate of drug-likeness (QED) is 0.551. The molecule has 7 heteroatoms. The Labute approximate surface area is 165 Å². The van der Waals surface area contributed by atoms with Crippen LogP contribution in [-0.2, 0) is 0 Å². The molecule has 0 fully saturated rings. The summed E-state index contributed by atoms with van der Waals surface area (Å²) < 4.78 is 12.0. The zero-order chi connectivity index (χ0) is 18.4. The standard InChI is InChI=1S/C18H18BrCl2NO3/c1-3-8-25-17-12(19)9-11(10-15(17)24-4-2)18(23)22-14-7-5-6-13(20)16(14)21/h5-7,9-10H,3-4,8H2,1-2H3,(H,22,23). The third kappa shape index (κ3) is 5.03. The third-order valence-corrected chi connectivity index (χ3v) is 4.63. The van der Waals surface area contributed by atoms with Gasteiger partial charge in [-0.2, -0.15) is 0 Å². The maximum absolute atomic E-state index is 12.6. The molecule has 0 aliphatic heterocycles. The lowest BCUT2D eigenvalue weighted by molar-refractivity contribution is 0.102. The van der Waals surface area contributed by atoms with Crippen molar-refractivity contribution in [2.24, 2.45) is 0 Å². The van der Waals surface area contributed by atoms with Crippen molar-refractivity contribution in [1.82, 2.24) is 0 Å². The molecule has 0 unspecified atom stereocenters. The molecule has 0 aliphatic carbocycles. The second-order valence-electron chi connectivity index (χ2n) is 5.12. The topological polar surface area (TPSA) is 47.6 Å². The van der Waals surface area contributed by atoms with Gasteiger partial charge in [-0.05, 0) is 53.5 Å². The first-order valence-electron chi connectivity index (χ1n) is 7.82. The van der Waals surface area contributed by atoms with Crippen LogP contribution in [0.4, 0.5) is 5.69 Å². The zero-order valence-electron chi connectivity index (χ0n) is 13.9. The average Bonchev–Trinajstić information content (AvgIpc) is 2.58. The molecule has 1 amide bonds. The number of rotatable bonds is 7. The molecule has 25 heavy (non-hydrogen) atoms. The first-order valence-corrected chi connectivity index (χ1v) is 9.37. The van der Waals surface area contributed by atoms with Crippen LogP contribution in [0.3, 0.4) is 0 Å². The Morgan fingerprint density at radius 3 is 2.64 bits per heavy atom. The van der Waals surface area contributed by atoms with E-state index in [1.807, 2.05) is 13.8 Å². The summed E-state index contributed by atoms with van der Waals surface area (Å²) in [4.78, 5) is 12.6. The fourth-order valence-corrected chi connectivity index (χ4v) is 3.01. The Bertz CT molecular complexity index is 768. The number of hydrogen-bond donors (Lipinski definition) is 1. The number of nitrogens with one attached hydrogen (secondary N) is 1. The van der Waals surface area contributed by atoms with Crippen LogP contribution in [-0.4, -0.2) is 19.1 Å². The summed E-state index contributed by atoms with van der Waals surface area (Å²) in [5.41, 5.74) is 0.856. The van der Waals surface area contributed by atoms with Crippen LogP contribution in [0.5, 0.6) is 11.5 Å². The lowest BCUT2D eigenvalue weighted by Gasteiger charge is -2.15. The number of benzene rings is 2. The summed E-state index contributed by atoms with van der Waals surface area (Å²) in [5, 5.41) is 3.42. The van der Waals surface area contributed by atoms with E-state index in [0.717, 1.165) is 6.42 Å². The number of ether oxygens (including phenoxy) is 2. The molecule has 1 N–H and O–H groups in total. The average molecular weight is 447 g/mol. The van der Waals surface area contributed by atoms with Gasteiger partial charge in [0.15, 0.2) is 11.5 Å². The van der Waals surface area contributed by atoms with Crippen LogP contribution >= 0.6 is 39.1 Å². The van der Waals surface area contributed by atoms with Crippen molar-refractivity contribution < 1.29 is 14.3 Å². The van der Waals surface area contributed by atoms with Crippen molar-refractivity contribution in [3.8, 4) is 11.5 Å². The molecule has 2 aromatic carbocycles. The largest absolute Gasteiger partial charge is 0.490 e. The smallest absolute Gasteiger partial charge is 0.255 e. The Kier molecular flexibility index (Phi) is 7.41. The van der Waals surface area contributed by atoms with Gasteiger partial charge < -0.3 is 14.8 Å². The van der Waals surface area contributed by atoms with Crippen molar-refractivity contribution in [2.75, 3.05) is 18.5 Å². The molecule has 0 saturated heterocycles. The number of hydrogen-bond acceptors (Lipinski definition) is 3. The normalized spacial score (nSPS) is 10.4. The summed E-state index contributed by atoms with van der Waals surface area (Å²) in [6.45, 7) is 4.91. The van der Waals surface area contributed by atoms with E-state index in [1.165, 1.54) is 0 Å². The molecule has 0 saturated carbocycles. The van der Waals surface area contributed by atoms with E-state index in [-0.39, 0.29) is 5.91 Å². The lowest BCUT2D eigenvalue weighted by atomic mass is 10.1. The fourth-order valence-electron chi connectivity index (χ4n) is 2.10. The van der Waals surface area contributed by atoms with Crippen molar-refractivity contribution >= 4 is 50.7 Å². The summed E-state index contributed by atoms with van der Waals surface area (Å²) in [6.07, 6.45) is 0.869. The summed E-state index contributed by atoms with van der Waals surface area (Å²) in [7, 11) is 0. The van der Waals surface area contributed by atoms with E-state index in [2.05, 4.69) is 21.2 Å². The first kappa shape index (κ1) is 19.9. The number of carbonyl (C=O) groups excluding carboxylic acids is 1. The molecule has 0 atom stereocenters. The van der Waals surface area contributed by atoms with E-state index < -0.39 is 0 Å². The molecular formula is C18H18BrCl2NO3. The molecule has 0 aromatic heterocycles. The van der Waals surface area contributed by atoms with Crippen molar-refractivity contribution in [2.45, 2.75) is 20.3 Å². The van der Waals surface area contributed by atoms with Gasteiger partial charge in [-0.15, -0.1) is 0 Å². The van der Waals surface area contributed by atoms with Gasteiger partial charge in [-0.3, -0.25) is 4.79 Å². The minimum absolute atomic E-state index is 0.296. The van der Waals surface area contributed by atoms with Crippen molar-refractivity contribution in [1.29, 1.82) is 0 Å². The molecule has 0 spiro atoms. The van der Waals surface area contributed by atoms with Gasteiger partial charge in [0.25, 0.3) is 5.91 Å². The van der Waals surface area contributed by atoms with Gasteiger partial charge in [0.05, 0.1) is 33.4 Å². The number of carbonyl (C=O) groups is 1. The Morgan fingerprint density at radius 2 is 1.96 bits per heavy atom. The van der Waals surface area contributed by atoms with Crippen LogP contribution in [0.1, 0.15) is 30.6 Å². The van der Waals surface area contributed by atoms with Gasteiger partial charge in [0.2, 0.25) is 0 Å². The lowest BCUT2D eigenvalue weighted by Crippen LogP contribution is -2.13. The highest BCUT2D eigenvalue weighted by molar-refractivity contribution is 9.10. The summed E-state index contributed by atoms with van der Waals surface area (Å²) >= 11 is 15.5. The number of amides is 1. The van der Waals surface area contributed by atoms with E-state index in [1.54, 1.807) is 30.3 Å². The molecule has 0 aliphatic rings. The number of anilines is 1. The molecule has 0 bridgehead atoms. The minimum Gasteiger partial charge on any atom is -0.490 e. The second kappa shape index (κ2) is 9.32. The van der Waals surface area contributed by atoms with Crippen molar-refractivity contribution in [3.63, 3.8) is 0 Å². The monoisotopic (exact) mass is 445 g/mol. The number of halogens is 3. The SMILES string of the molecule is CCCOc1c(Br)cc(C(=O)Nc2cccc(Cl)c2Cl)cc1OCC. The molecule has 0 heterocycles. The van der Waals surface area contributed by atoms with Gasteiger partial charge in [-0.1, -0.05) is 36.2 Å². The van der Waals surface area contributed by atoms with Gasteiger partial charge in [-0.25, -0.2) is 0 Å². The highest BCUT2D eigenvalue weighted by Crippen LogP contribution is 2.37. The maximum Gasteiger partial charge on any atom is 0.255 e. The molecule has 2 aromatic rings. The maximum atomic E-state index is 12.6. The Hall–Kier alpha value is -1.43. The van der Waals surface area contributed by atoms with E-state index in [9.17, 15) is 4.79 Å². The van der Waals surface area contributed by atoms with Gasteiger partial charge >= 0.3 is 0 Å². The van der Waals surface area contributed by atoms with Crippen LogP contribution < -0.4 is 14.8 Å². The summed E-state index contributed by atoms with van der Waals surface area (Å²) in [6, 6.07) is 8.38. The molecule has 2 rings (SSSR count). The van der Waals surface area contributed by atoms with Crippen LogP contribution in [0.2, 0.25) is 10.0 Å². The zero-order valence-corrected chi connectivity index (χ0v) is 17.0. The van der Waals surface area contributed by atoms with E-state index >= 15 is 0 Å². The fraction of sp³-hybridized carbons (Fsp3) is 0.278. The van der Waals surface area contributed by atoms with Crippen LogP contribution in [0.25, 0.3) is 0 Å². The molecule has 0 radical (unpaired) electrons. The molecule has 4 nitrogen and oxygen atoms in total. The molecular weight excluding hydrogens is 429 g/mol. The predicted octanol–water partition coefficient (Wildman–Crippen LogP) is 6.20. The summed E-state index contributed by atoms with van der Waals surface area (Å²) in [5.74, 6) is 0.765. The third-order valence-electron chi connectivity index (χ3n) is 3.22. The predicted molar refractivity (Wildman–Crippen MR) is 106 cm³/mol. The van der Waals surface area contributed by atoms with E-state index in [4.69, 9.17) is 32.7 Å². The molecule has 134 valence electrons. The van der Waals surface area contributed by atoms with Gasteiger partial charge in [0.1, 0.15) is 0 Å². The highest BCUT2D eigenvalue weighted by atomic mass is 79.9. The first-order chi connectivity index (χ1) is 12.0. The van der Waals surface area contributed by atoms with Crippen LogP contribution in [0, 0.1) is 0 Å². The Balaban J connectivity index is 2.31. The van der Waals surface area contributed by atoms with Crippen molar-refractivity contribution in [3.05, 3.63) is 50.4 Å². The highest BCUT2D eigenvalue weighted by Gasteiger charge is 2.17.